The van der Waals surface area contributed by atoms with Crippen molar-refractivity contribution in [3.8, 4) is 5.82 Å². The minimum absolute atomic E-state index is 0.0296. The van der Waals surface area contributed by atoms with E-state index in [1.54, 1.807) is 36.0 Å². The quantitative estimate of drug-likeness (QED) is 0.174. The molecule has 1 saturated carbocycles. The second-order valence-electron chi connectivity index (χ2n) is 11.2. The van der Waals surface area contributed by atoms with Crippen molar-refractivity contribution in [2.75, 3.05) is 23.0 Å². The first kappa shape index (κ1) is 30.0. The Morgan fingerprint density at radius 1 is 1.02 bits per heavy atom. The first-order valence-corrected chi connectivity index (χ1v) is 14.1. The summed E-state index contributed by atoms with van der Waals surface area (Å²) >= 11 is 0. The van der Waals surface area contributed by atoms with Gasteiger partial charge in [0.05, 0.1) is 11.3 Å². The fraction of sp³-hybridized carbons (Fsp3) is 0.355. The van der Waals surface area contributed by atoms with Crippen molar-refractivity contribution in [3.63, 3.8) is 0 Å². The number of hydrogen-bond acceptors (Lipinski definition) is 7. The Balaban J connectivity index is 1.38. The van der Waals surface area contributed by atoms with Crippen molar-refractivity contribution in [1.82, 2.24) is 25.1 Å². The Kier molecular flexibility index (Phi) is 8.41. The van der Waals surface area contributed by atoms with Crippen LogP contribution in [-0.4, -0.2) is 44.8 Å². The van der Waals surface area contributed by atoms with Crippen molar-refractivity contribution in [3.05, 3.63) is 82.8 Å². The number of nitrogens with one attached hydrogen (secondary N) is 4. The monoisotopic (exact) mass is 592 g/mol. The molecule has 5 rings (SSSR count). The molecular formula is C31H35F3N8O. The van der Waals surface area contributed by atoms with Crippen LogP contribution < -0.4 is 21.3 Å². The van der Waals surface area contributed by atoms with Crippen molar-refractivity contribution >= 4 is 28.9 Å². The number of nitrogens with zero attached hydrogens (tertiary/aromatic N) is 4. The molecule has 2 heterocycles. The molecule has 1 fully saturated rings. The van der Waals surface area contributed by atoms with E-state index in [0.29, 0.717) is 40.4 Å². The maximum atomic E-state index is 13.8. The van der Waals surface area contributed by atoms with Crippen LogP contribution in [0.3, 0.4) is 0 Å². The number of amides is 1. The number of carbonyl (C=O) groups excluding carboxylic acids is 1. The molecule has 0 unspecified atom stereocenters. The molecule has 2 aromatic heterocycles. The van der Waals surface area contributed by atoms with E-state index in [2.05, 4.69) is 36.3 Å². The molecule has 9 nitrogen and oxygen atoms in total. The maximum Gasteiger partial charge on any atom is 0.416 e. The molecular weight excluding hydrogens is 557 g/mol. The Labute approximate surface area is 248 Å². The first-order chi connectivity index (χ1) is 20.4. The summed E-state index contributed by atoms with van der Waals surface area (Å²) in [6, 6.07) is 13.1. The van der Waals surface area contributed by atoms with Gasteiger partial charge in [-0.3, -0.25) is 4.79 Å². The third-order valence-corrected chi connectivity index (χ3v) is 7.44. The van der Waals surface area contributed by atoms with E-state index < -0.39 is 17.6 Å². The first-order valence-electron chi connectivity index (χ1n) is 14.1. The Morgan fingerprint density at radius 2 is 1.79 bits per heavy atom. The summed E-state index contributed by atoms with van der Waals surface area (Å²) in [5.41, 5.74) is 2.44. The van der Waals surface area contributed by atoms with Gasteiger partial charge >= 0.3 is 6.18 Å². The van der Waals surface area contributed by atoms with E-state index >= 15 is 0 Å². The van der Waals surface area contributed by atoms with E-state index in [1.807, 2.05) is 39.8 Å². The van der Waals surface area contributed by atoms with Crippen LogP contribution in [0.25, 0.3) is 5.82 Å². The minimum Gasteiger partial charge on any atom is -0.373 e. The van der Waals surface area contributed by atoms with Gasteiger partial charge in [0.2, 0.25) is 0 Å². The second-order valence-corrected chi connectivity index (χ2v) is 11.2. The second kappa shape index (κ2) is 12.0. The third kappa shape index (κ3) is 6.96. The molecule has 4 aromatic rings. The summed E-state index contributed by atoms with van der Waals surface area (Å²) in [4.78, 5) is 21.8. The molecule has 0 saturated heterocycles. The van der Waals surface area contributed by atoms with E-state index in [1.165, 1.54) is 12.4 Å². The van der Waals surface area contributed by atoms with E-state index in [-0.39, 0.29) is 17.5 Å². The Bertz CT molecular complexity index is 1630. The summed E-state index contributed by atoms with van der Waals surface area (Å²) in [6.07, 6.45) is -1.66. The lowest BCUT2D eigenvalue weighted by molar-refractivity contribution is -0.137. The van der Waals surface area contributed by atoms with Gasteiger partial charge in [0.1, 0.15) is 18.0 Å². The van der Waals surface area contributed by atoms with Gasteiger partial charge in [-0.25, -0.2) is 9.97 Å². The smallest absolute Gasteiger partial charge is 0.373 e. The molecule has 1 amide bonds. The number of aromatic nitrogens is 4. The molecule has 12 heteroatoms. The van der Waals surface area contributed by atoms with Crippen LogP contribution in [0.4, 0.5) is 36.2 Å². The lowest BCUT2D eigenvalue weighted by atomic mass is 9.75. The molecule has 1 aliphatic rings. The molecule has 4 N–H and O–H groups in total. The Morgan fingerprint density at radius 3 is 2.49 bits per heavy atom. The minimum atomic E-state index is -4.57. The molecule has 0 spiro atoms. The van der Waals surface area contributed by atoms with E-state index in [4.69, 9.17) is 0 Å². The zero-order valence-corrected chi connectivity index (χ0v) is 24.7. The van der Waals surface area contributed by atoms with Crippen molar-refractivity contribution in [2.24, 2.45) is 0 Å². The normalized spacial score (nSPS) is 16.6. The van der Waals surface area contributed by atoms with Crippen LogP contribution in [0.15, 0.2) is 54.9 Å². The summed E-state index contributed by atoms with van der Waals surface area (Å²) in [6.45, 7) is 7.85. The maximum absolute atomic E-state index is 13.8. The highest BCUT2D eigenvalue weighted by Crippen LogP contribution is 2.40. The van der Waals surface area contributed by atoms with Gasteiger partial charge in [-0.1, -0.05) is 19.9 Å². The highest BCUT2D eigenvalue weighted by atomic mass is 19.4. The largest absolute Gasteiger partial charge is 0.416 e. The fourth-order valence-corrected chi connectivity index (χ4v) is 5.22. The average molecular weight is 593 g/mol. The molecule has 0 bridgehead atoms. The van der Waals surface area contributed by atoms with Gasteiger partial charge in [0.15, 0.2) is 5.82 Å². The number of alkyl halides is 3. The fourth-order valence-electron chi connectivity index (χ4n) is 5.22. The summed E-state index contributed by atoms with van der Waals surface area (Å²) in [5.74, 6) is 1.17. The molecule has 2 aromatic carbocycles. The lowest BCUT2D eigenvalue weighted by Crippen LogP contribution is -2.43. The molecule has 0 aliphatic heterocycles. The van der Waals surface area contributed by atoms with E-state index in [0.717, 1.165) is 30.2 Å². The van der Waals surface area contributed by atoms with Crippen LogP contribution in [-0.2, 0) is 6.18 Å². The SMILES string of the molecule is CNc1cc(-n2nc(C)cc2Nc2cc(NC(=O)c3cc(C4CC(NC(C)C)C4)cc(C(F)(F)F)c3)ccc2C)ncn1. The number of halogens is 3. The van der Waals surface area contributed by atoms with Crippen molar-refractivity contribution < 1.29 is 18.0 Å². The van der Waals surface area contributed by atoms with Gasteiger partial charge in [0, 0.05) is 48.2 Å². The van der Waals surface area contributed by atoms with Gasteiger partial charge in [-0.2, -0.15) is 23.0 Å². The molecule has 0 radical (unpaired) electrons. The zero-order valence-electron chi connectivity index (χ0n) is 24.7. The zero-order chi connectivity index (χ0) is 30.9. The highest BCUT2D eigenvalue weighted by Gasteiger charge is 2.35. The van der Waals surface area contributed by atoms with Crippen molar-refractivity contribution in [2.45, 2.75) is 64.7 Å². The van der Waals surface area contributed by atoms with Gasteiger partial charge in [-0.15, -0.1) is 0 Å². The van der Waals surface area contributed by atoms with E-state index in [9.17, 15) is 18.0 Å². The molecule has 1 aliphatic carbocycles. The molecule has 226 valence electrons. The van der Waals surface area contributed by atoms with Crippen LogP contribution in [0.5, 0.6) is 0 Å². The van der Waals surface area contributed by atoms with Crippen LogP contribution in [0.2, 0.25) is 0 Å². The predicted molar refractivity (Wildman–Crippen MR) is 161 cm³/mol. The van der Waals surface area contributed by atoms with Gasteiger partial charge in [-0.05, 0) is 74.1 Å². The predicted octanol–water partition coefficient (Wildman–Crippen LogP) is 6.58. The number of carbonyl (C=O) groups is 1. The molecule has 43 heavy (non-hydrogen) atoms. The Hall–Kier alpha value is -4.45. The number of benzene rings is 2. The van der Waals surface area contributed by atoms with Gasteiger partial charge in [0.25, 0.3) is 5.91 Å². The van der Waals surface area contributed by atoms with Crippen LogP contribution in [0, 0.1) is 13.8 Å². The highest BCUT2D eigenvalue weighted by molar-refractivity contribution is 6.04. The molecule has 0 atom stereocenters. The van der Waals surface area contributed by atoms with Crippen LogP contribution >= 0.6 is 0 Å². The summed E-state index contributed by atoms with van der Waals surface area (Å²) in [7, 11) is 1.76. The summed E-state index contributed by atoms with van der Waals surface area (Å²) in [5, 5.41) is 17.1. The number of hydrogen-bond donors (Lipinski definition) is 4. The van der Waals surface area contributed by atoms with Crippen LogP contribution in [0.1, 0.15) is 65.3 Å². The summed E-state index contributed by atoms with van der Waals surface area (Å²) < 4.78 is 43.1. The standard InChI is InChI=1S/C31H35F3N8O/c1-17(2)38-25-12-21(13-25)20-9-22(11-23(10-20)31(32,33)34)30(43)39-24-7-6-18(3)26(14-24)40-29-8-19(4)41-42(29)28-15-27(35-5)36-16-37-28/h6-11,14-17,21,25,38,40H,12-13H2,1-5H3,(H,39,43)(H,35,36,37). The average Bonchev–Trinajstić information content (AvgIpc) is 3.31. The van der Waals surface area contributed by atoms with Crippen molar-refractivity contribution in [1.29, 1.82) is 0 Å². The number of anilines is 4. The van der Waals surface area contributed by atoms with Gasteiger partial charge < -0.3 is 21.3 Å². The third-order valence-electron chi connectivity index (χ3n) is 7.44. The number of aryl methyl sites for hydroxylation is 2. The number of rotatable bonds is 9. The topological polar surface area (TPSA) is 109 Å². The lowest BCUT2D eigenvalue weighted by Gasteiger charge is -2.38.